The summed E-state index contributed by atoms with van der Waals surface area (Å²) in [6.07, 6.45) is -15.9. The van der Waals surface area contributed by atoms with Gasteiger partial charge >= 0.3 is 36.4 Å². The second-order valence-corrected chi connectivity index (χ2v) is 9.23. The Bertz CT molecular complexity index is 1460. The number of alkyl halides is 9. The molecule has 0 bridgehead atoms. The minimum atomic E-state index is -5.62. The number of amides is 1. The van der Waals surface area contributed by atoms with Gasteiger partial charge in [0.25, 0.3) is 0 Å². The van der Waals surface area contributed by atoms with Gasteiger partial charge < -0.3 is 19.1 Å². The van der Waals surface area contributed by atoms with Crippen LogP contribution in [0.5, 0.6) is 11.5 Å². The van der Waals surface area contributed by atoms with Crippen LogP contribution in [-0.2, 0) is 32.1 Å². The number of fused-ring (bicyclic) bond motifs is 1. The molecule has 3 aromatic carbocycles. The zero-order valence-electron chi connectivity index (χ0n) is 22.9. The van der Waals surface area contributed by atoms with E-state index in [9.17, 15) is 53.9 Å². The molecule has 0 fully saturated rings. The highest BCUT2D eigenvalue weighted by atomic mass is 19.4. The van der Waals surface area contributed by atoms with E-state index in [1.54, 1.807) is 36.4 Å². The second-order valence-electron chi connectivity index (χ2n) is 9.23. The third-order valence-corrected chi connectivity index (χ3v) is 6.17. The second kappa shape index (κ2) is 13.9. The van der Waals surface area contributed by atoms with Gasteiger partial charge in [0.05, 0.1) is 13.2 Å². The Labute approximate surface area is 249 Å². The number of carbonyl (C=O) groups is 3. The molecule has 0 aliphatic carbocycles. The first-order valence-corrected chi connectivity index (χ1v) is 12.6. The summed E-state index contributed by atoms with van der Waals surface area (Å²) in [7, 11) is 1.54. The molecule has 0 aromatic heterocycles. The van der Waals surface area contributed by atoms with Gasteiger partial charge in [0.1, 0.15) is 18.1 Å². The number of rotatable bonds is 5. The number of nitrogens with zero attached hydrogens (tertiary/aromatic N) is 1. The van der Waals surface area contributed by atoms with Gasteiger partial charge in [0, 0.05) is 6.54 Å². The van der Waals surface area contributed by atoms with E-state index in [2.05, 4.69) is 4.74 Å². The smallest absolute Gasteiger partial charge is 0.491 e. The Morgan fingerprint density at radius 1 is 0.756 bits per heavy atom. The summed E-state index contributed by atoms with van der Waals surface area (Å²) in [5.74, 6) is -7.02. The van der Waals surface area contributed by atoms with E-state index in [0.717, 1.165) is 16.0 Å². The van der Waals surface area contributed by atoms with E-state index >= 15 is 0 Å². The highest BCUT2D eigenvalue weighted by Gasteiger charge is 2.49. The molecular formula is C29H22F9NO6. The predicted octanol–water partition coefficient (Wildman–Crippen LogP) is 6.49. The van der Waals surface area contributed by atoms with Crippen molar-refractivity contribution in [1.29, 1.82) is 0 Å². The monoisotopic (exact) mass is 651 g/mol. The number of hydrogen-bond donors (Lipinski definition) is 0. The minimum absolute atomic E-state index is 0.0323. The van der Waals surface area contributed by atoms with E-state index < -0.39 is 42.4 Å². The van der Waals surface area contributed by atoms with Crippen LogP contribution in [0, 0.1) is 0 Å². The number of halogens is 9. The topological polar surface area (TPSA) is 82.1 Å². The van der Waals surface area contributed by atoms with Crippen LogP contribution in [-0.4, -0.2) is 54.9 Å². The molecule has 242 valence electrons. The average molecular weight is 651 g/mol. The van der Waals surface area contributed by atoms with Crippen LogP contribution >= 0.6 is 0 Å². The molecule has 0 saturated heterocycles. The van der Waals surface area contributed by atoms with Crippen molar-refractivity contribution >= 4 is 17.8 Å². The molecule has 1 aliphatic heterocycles. The third-order valence-electron chi connectivity index (χ3n) is 6.17. The molecule has 0 radical (unpaired) electrons. The van der Waals surface area contributed by atoms with Crippen molar-refractivity contribution in [3.8, 4) is 11.5 Å². The maximum absolute atomic E-state index is 13.3. The molecule has 4 rings (SSSR count). The summed E-state index contributed by atoms with van der Waals surface area (Å²) in [5.41, 5.74) is 3.12. The summed E-state index contributed by atoms with van der Waals surface area (Å²) in [6, 6.07) is 20.9. The molecule has 0 saturated carbocycles. The van der Waals surface area contributed by atoms with Crippen molar-refractivity contribution in [2.75, 3.05) is 13.7 Å². The van der Waals surface area contributed by atoms with Gasteiger partial charge in [0.2, 0.25) is 0 Å². The predicted molar refractivity (Wildman–Crippen MR) is 137 cm³/mol. The first kappa shape index (κ1) is 34.7. The summed E-state index contributed by atoms with van der Waals surface area (Å²) in [5, 5.41) is 0. The van der Waals surface area contributed by atoms with E-state index in [4.69, 9.17) is 9.47 Å². The SMILES string of the molecule is COc1ccc2c(c1)CCN(C(=O)C(F)(F)F)C2c1ccc(OCc2ccccc2)cc1.O=C(OC(=O)C(F)(F)F)C(F)(F)F. The largest absolute Gasteiger partial charge is 0.497 e. The highest BCUT2D eigenvalue weighted by molar-refractivity contribution is 5.90. The summed E-state index contributed by atoms with van der Waals surface area (Å²) < 4.78 is 121. The lowest BCUT2D eigenvalue weighted by Crippen LogP contribution is -2.46. The van der Waals surface area contributed by atoms with E-state index in [0.29, 0.717) is 35.7 Å². The Hall–Kier alpha value is -4.76. The zero-order valence-corrected chi connectivity index (χ0v) is 22.9. The van der Waals surface area contributed by atoms with Gasteiger partial charge in [0.15, 0.2) is 0 Å². The van der Waals surface area contributed by atoms with Crippen LogP contribution in [0.25, 0.3) is 0 Å². The minimum Gasteiger partial charge on any atom is -0.497 e. The molecule has 0 spiro atoms. The van der Waals surface area contributed by atoms with Gasteiger partial charge in [-0.1, -0.05) is 48.5 Å². The van der Waals surface area contributed by atoms with Crippen molar-refractivity contribution in [2.24, 2.45) is 0 Å². The molecule has 3 aromatic rings. The normalized spacial score (nSPS) is 14.8. The van der Waals surface area contributed by atoms with Crippen molar-refractivity contribution < 1.29 is 68.1 Å². The van der Waals surface area contributed by atoms with Gasteiger partial charge in [-0.3, -0.25) is 4.79 Å². The van der Waals surface area contributed by atoms with Crippen LogP contribution in [0.3, 0.4) is 0 Å². The standard InChI is InChI=1S/C25H22F3NO3.C4F6O3/c1-31-21-11-12-22-19(15-21)13-14-29(24(30)25(26,27)28)23(22)18-7-9-20(10-8-18)32-16-17-5-3-2-4-6-17;5-3(6,7)1(11)13-2(12)4(8,9)10/h2-12,15,23H,13-14,16H2,1H3;. The lowest BCUT2D eigenvalue weighted by molar-refractivity contribution is -0.221. The van der Waals surface area contributed by atoms with Gasteiger partial charge in [-0.25, -0.2) is 9.59 Å². The van der Waals surface area contributed by atoms with E-state index in [1.807, 2.05) is 36.4 Å². The van der Waals surface area contributed by atoms with E-state index in [1.165, 1.54) is 7.11 Å². The number of esters is 2. The quantitative estimate of drug-likeness (QED) is 0.178. The van der Waals surface area contributed by atoms with Crippen molar-refractivity contribution in [3.63, 3.8) is 0 Å². The number of hydrogen-bond acceptors (Lipinski definition) is 6. The fourth-order valence-electron chi connectivity index (χ4n) is 4.16. The van der Waals surface area contributed by atoms with Crippen LogP contribution in [0.15, 0.2) is 72.8 Å². The Morgan fingerprint density at radius 2 is 1.31 bits per heavy atom. The van der Waals surface area contributed by atoms with Crippen LogP contribution in [0.1, 0.15) is 28.3 Å². The van der Waals surface area contributed by atoms with Crippen molar-refractivity contribution in [1.82, 2.24) is 4.90 Å². The van der Waals surface area contributed by atoms with Gasteiger partial charge in [-0.05, 0) is 52.9 Å². The van der Waals surface area contributed by atoms with Crippen LogP contribution < -0.4 is 9.47 Å². The molecule has 16 heteroatoms. The average Bonchev–Trinajstić information content (AvgIpc) is 2.98. The van der Waals surface area contributed by atoms with E-state index in [-0.39, 0.29) is 6.54 Å². The maximum atomic E-state index is 13.3. The third kappa shape index (κ3) is 9.36. The Kier molecular flexibility index (Phi) is 10.7. The molecule has 0 N–H and O–H groups in total. The fourth-order valence-corrected chi connectivity index (χ4v) is 4.16. The molecule has 1 atom stereocenters. The highest BCUT2D eigenvalue weighted by Crippen LogP contribution is 2.39. The van der Waals surface area contributed by atoms with Crippen molar-refractivity contribution in [2.45, 2.75) is 37.6 Å². The Morgan fingerprint density at radius 3 is 1.82 bits per heavy atom. The van der Waals surface area contributed by atoms with Gasteiger partial charge in [-0.15, -0.1) is 0 Å². The summed E-state index contributed by atoms with van der Waals surface area (Å²) in [6.45, 7) is 0.348. The first-order valence-electron chi connectivity index (χ1n) is 12.6. The molecule has 1 unspecified atom stereocenters. The molecule has 1 amide bonds. The van der Waals surface area contributed by atoms with Crippen LogP contribution in [0.4, 0.5) is 39.5 Å². The lowest BCUT2D eigenvalue weighted by Gasteiger charge is -2.38. The number of benzene rings is 3. The molecule has 7 nitrogen and oxygen atoms in total. The fraction of sp³-hybridized carbons (Fsp3) is 0.276. The summed E-state index contributed by atoms with van der Waals surface area (Å²) in [4.78, 5) is 32.4. The van der Waals surface area contributed by atoms with Crippen LogP contribution in [0.2, 0.25) is 0 Å². The molecule has 1 aliphatic rings. The lowest BCUT2D eigenvalue weighted by atomic mass is 9.88. The van der Waals surface area contributed by atoms with Gasteiger partial charge in [-0.2, -0.15) is 39.5 Å². The molecule has 1 heterocycles. The summed E-state index contributed by atoms with van der Waals surface area (Å²) >= 11 is 0. The molecule has 45 heavy (non-hydrogen) atoms. The number of methoxy groups -OCH3 is 1. The molecular weight excluding hydrogens is 629 g/mol. The first-order chi connectivity index (χ1) is 20.9. The number of carbonyl (C=O) groups excluding carboxylic acids is 3. The Balaban J connectivity index is 0.000000360. The van der Waals surface area contributed by atoms with Crippen molar-refractivity contribution in [3.05, 3.63) is 95.1 Å². The number of ether oxygens (including phenoxy) is 3. The maximum Gasteiger partial charge on any atom is 0.491 e. The zero-order chi connectivity index (χ0) is 33.6.